The predicted molar refractivity (Wildman–Crippen MR) is 81.7 cm³/mol. The largest absolute Gasteiger partial charge is 0.337 e. The molecule has 1 aromatic heterocycles. The van der Waals surface area contributed by atoms with E-state index < -0.39 is 0 Å². The van der Waals surface area contributed by atoms with Crippen LogP contribution in [0.5, 0.6) is 0 Å². The quantitative estimate of drug-likeness (QED) is 0.927. The number of aryl methyl sites for hydroxylation is 1. The Labute approximate surface area is 120 Å². The summed E-state index contributed by atoms with van der Waals surface area (Å²) in [6.45, 7) is 3.05. The lowest BCUT2D eigenvalue weighted by Gasteiger charge is -2.25. The molecule has 2 atom stereocenters. The SMILES string of the molecule is CC(N)Cc1cn(CC2CCCc3ccccc32)cn1. The van der Waals surface area contributed by atoms with Gasteiger partial charge in [-0.3, -0.25) is 0 Å². The second-order valence-corrected chi connectivity index (χ2v) is 6.03. The van der Waals surface area contributed by atoms with Crippen LogP contribution in [0.3, 0.4) is 0 Å². The van der Waals surface area contributed by atoms with E-state index in [2.05, 4.69) is 40.0 Å². The maximum atomic E-state index is 5.83. The monoisotopic (exact) mass is 269 g/mol. The molecule has 0 saturated carbocycles. The molecular formula is C17H23N3. The average Bonchev–Trinajstić information content (AvgIpc) is 2.86. The fourth-order valence-corrected chi connectivity index (χ4v) is 3.24. The van der Waals surface area contributed by atoms with E-state index in [1.807, 2.05) is 13.3 Å². The molecule has 0 bridgehead atoms. The van der Waals surface area contributed by atoms with Crippen molar-refractivity contribution in [3.05, 3.63) is 53.6 Å². The number of nitrogens with zero attached hydrogens (tertiary/aromatic N) is 2. The van der Waals surface area contributed by atoms with Crippen molar-refractivity contribution in [2.45, 2.75) is 51.1 Å². The third kappa shape index (κ3) is 2.93. The van der Waals surface area contributed by atoms with E-state index in [4.69, 9.17) is 5.73 Å². The Morgan fingerprint density at radius 3 is 3.10 bits per heavy atom. The van der Waals surface area contributed by atoms with E-state index in [1.54, 1.807) is 0 Å². The van der Waals surface area contributed by atoms with Crippen molar-refractivity contribution in [1.29, 1.82) is 0 Å². The summed E-state index contributed by atoms with van der Waals surface area (Å²) in [6.07, 6.45) is 8.76. The second-order valence-electron chi connectivity index (χ2n) is 6.03. The van der Waals surface area contributed by atoms with Gasteiger partial charge in [0.25, 0.3) is 0 Å². The topological polar surface area (TPSA) is 43.8 Å². The molecule has 0 fully saturated rings. The normalized spacial score (nSPS) is 19.6. The van der Waals surface area contributed by atoms with Crippen LogP contribution in [0.2, 0.25) is 0 Å². The first kappa shape index (κ1) is 13.4. The molecule has 3 heteroatoms. The minimum atomic E-state index is 0.175. The summed E-state index contributed by atoms with van der Waals surface area (Å²) in [6, 6.07) is 9.05. The molecule has 0 saturated heterocycles. The first-order chi connectivity index (χ1) is 9.72. The zero-order valence-electron chi connectivity index (χ0n) is 12.1. The Bertz CT molecular complexity index is 571. The van der Waals surface area contributed by atoms with Crippen LogP contribution in [-0.4, -0.2) is 15.6 Å². The maximum Gasteiger partial charge on any atom is 0.0949 e. The number of benzene rings is 1. The molecule has 0 aliphatic heterocycles. The summed E-state index contributed by atoms with van der Waals surface area (Å²) in [4.78, 5) is 4.46. The van der Waals surface area contributed by atoms with Gasteiger partial charge in [-0.05, 0) is 37.3 Å². The Hall–Kier alpha value is -1.61. The Balaban J connectivity index is 1.74. The molecule has 3 nitrogen and oxygen atoms in total. The summed E-state index contributed by atoms with van der Waals surface area (Å²) in [5.41, 5.74) is 9.99. The Morgan fingerprint density at radius 1 is 1.40 bits per heavy atom. The van der Waals surface area contributed by atoms with E-state index in [1.165, 1.54) is 30.4 Å². The number of imidazole rings is 1. The molecule has 1 aliphatic rings. The number of rotatable bonds is 4. The van der Waals surface area contributed by atoms with Crippen molar-refractivity contribution in [3.63, 3.8) is 0 Å². The lowest BCUT2D eigenvalue weighted by molar-refractivity contribution is 0.483. The highest BCUT2D eigenvalue weighted by Gasteiger charge is 2.20. The Morgan fingerprint density at radius 2 is 2.25 bits per heavy atom. The third-order valence-electron chi connectivity index (χ3n) is 4.14. The molecule has 0 radical (unpaired) electrons. The molecule has 1 aliphatic carbocycles. The van der Waals surface area contributed by atoms with Crippen molar-refractivity contribution in [3.8, 4) is 0 Å². The van der Waals surface area contributed by atoms with Gasteiger partial charge < -0.3 is 10.3 Å². The molecular weight excluding hydrogens is 246 g/mol. The molecule has 3 rings (SSSR count). The van der Waals surface area contributed by atoms with Crippen LogP contribution in [-0.2, 0) is 19.4 Å². The van der Waals surface area contributed by atoms with Crippen LogP contribution < -0.4 is 5.73 Å². The molecule has 2 aromatic rings. The minimum Gasteiger partial charge on any atom is -0.337 e. The van der Waals surface area contributed by atoms with Crippen LogP contribution in [0.4, 0.5) is 0 Å². The van der Waals surface area contributed by atoms with E-state index in [0.29, 0.717) is 5.92 Å². The van der Waals surface area contributed by atoms with Crippen LogP contribution in [0.1, 0.15) is 42.5 Å². The van der Waals surface area contributed by atoms with Crippen molar-refractivity contribution >= 4 is 0 Å². The predicted octanol–water partition coefficient (Wildman–Crippen LogP) is 2.89. The maximum absolute atomic E-state index is 5.83. The Kier molecular flexibility index (Phi) is 3.88. The molecule has 0 amide bonds. The van der Waals surface area contributed by atoms with Gasteiger partial charge in [0.1, 0.15) is 0 Å². The van der Waals surface area contributed by atoms with Crippen molar-refractivity contribution < 1.29 is 0 Å². The van der Waals surface area contributed by atoms with Crippen LogP contribution in [0.15, 0.2) is 36.8 Å². The molecule has 106 valence electrons. The highest BCUT2D eigenvalue weighted by atomic mass is 15.0. The van der Waals surface area contributed by atoms with E-state index in [-0.39, 0.29) is 6.04 Å². The molecule has 20 heavy (non-hydrogen) atoms. The molecule has 0 spiro atoms. The van der Waals surface area contributed by atoms with Gasteiger partial charge >= 0.3 is 0 Å². The van der Waals surface area contributed by atoms with Gasteiger partial charge in [0.05, 0.1) is 12.0 Å². The zero-order chi connectivity index (χ0) is 13.9. The zero-order valence-corrected chi connectivity index (χ0v) is 12.1. The van der Waals surface area contributed by atoms with Gasteiger partial charge in [-0.1, -0.05) is 24.3 Å². The highest BCUT2D eigenvalue weighted by molar-refractivity contribution is 5.32. The van der Waals surface area contributed by atoms with Gasteiger partial charge in [0.15, 0.2) is 0 Å². The standard InChI is InChI=1S/C17H23N3/c1-13(18)9-16-11-20(12-19-16)10-15-7-4-6-14-5-2-3-8-17(14)15/h2-3,5,8,11-13,15H,4,6-7,9-10,18H2,1H3. The lowest BCUT2D eigenvalue weighted by Crippen LogP contribution is -2.18. The minimum absolute atomic E-state index is 0.175. The lowest BCUT2D eigenvalue weighted by atomic mass is 9.83. The van der Waals surface area contributed by atoms with Gasteiger partial charge in [0, 0.05) is 31.1 Å². The first-order valence-corrected chi connectivity index (χ1v) is 7.56. The number of nitrogens with two attached hydrogens (primary N) is 1. The van der Waals surface area contributed by atoms with Crippen molar-refractivity contribution in [2.75, 3.05) is 0 Å². The van der Waals surface area contributed by atoms with Gasteiger partial charge in [-0.25, -0.2) is 4.98 Å². The van der Waals surface area contributed by atoms with Crippen molar-refractivity contribution in [2.24, 2.45) is 5.73 Å². The van der Waals surface area contributed by atoms with Gasteiger partial charge in [-0.15, -0.1) is 0 Å². The summed E-state index contributed by atoms with van der Waals surface area (Å²) >= 11 is 0. The molecule has 1 aromatic carbocycles. The number of aromatic nitrogens is 2. The average molecular weight is 269 g/mol. The van der Waals surface area contributed by atoms with Gasteiger partial charge in [0.2, 0.25) is 0 Å². The number of hydrogen-bond donors (Lipinski definition) is 1. The van der Waals surface area contributed by atoms with Crippen LogP contribution in [0, 0.1) is 0 Å². The molecule has 1 heterocycles. The summed E-state index contributed by atoms with van der Waals surface area (Å²) in [5, 5.41) is 0. The highest BCUT2D eigenvalue weighted by Crippen LogP contribution is 2.32. The fraction of sp³-hybridized carbons (Fsp3) is 0.471. The van der Waals surface area contributed by atoms with E-state index in [0.717, 1.165) is 18.7 Å². The third-order valence-corrected chi connectivity index (χ3v) is 4.14. The smallest absolute Gasteiger partial charge is 0.0949 e. The summed E-state index contributed by atoms with van der Waals surface area (Å²) in [5.74, 6) is 0.622. The summed E-state index contributed by atoms with van der Waals surface area (Å²) in [7, 11) is 0. The van der Waals surface area contributed by atoms with Crippen molar-refractivity contribution in [1.82, 2.24) is 9.55 Å². The van der Waals surface area contributed by atoms with Gasteiger partial charge in [-0.2, -0.15) is 0 Å². The fourth-order valence-electron chi connectivity index (χ4n) is 3.24. The van der Waals surface area contributed by atoms with Crippen LogP contribution in [0.25, 0.3) is 0 Å². The summed E-state index contributed by atoms with van der Waals surface area (Å²) < 4.78 is 2.23. The van der Waals surface area contributed by atoms with E-state index >= 15 is 0 Å². The van der Waals surface area contributed by atoms with Crippen LogP contribution >= 0.6 is 0 Å². The molecule has 2 N–H and O–H groups in total. The second kappa shape index (κ2) is 5.80. The first-order valence-electron chi connectivity index (χ1n) is 7.56. The number of hydrogen-bond acceptors (Lipinski definition) is 2. The number of fused-ring (bicyclic) bond motifs is 1. The van der Waals surface area contributed by atoms with E-state index in [9.17, 15) is 0 Å². The molecule has 2 unspecified atom stereocenters.